The van der Waals surface area contributed by atoms with Gasteiger partial charge in [0.1, 0.15) is 11.4 Å². The number of benzene rings is 2. The summed E-state index contributed by atoms with van der Waals surface area (Å²) in [7, 11) is 0. The molecule has 2 heterocycles. The maximum absolute atomic E-state index is 12.4. The molecule has 0 aliphatic rings. The van der Waals surface area contributed by atoms with Crippen LogP contribution in [-0.2, 0) is 0 Å². The first-order valence-corrected chi connectivity index (χ1v) is 9.33. The Labute approximate surface area is 172 Å². The predicted molar refractivity (Wildman–Crippen MR) is 114 cm³/mol. The lowest BCUT2D eigenvalue weighted by atomic mass is 10.1. The quantitative estimate of drug-likeness (QED) is 0.353. The van der Waals surface area contributed by atoms with Crippen molar-refractivity contribution in [3.05, 3.63) is 83.3 Å². The summed E-state index contributed by atoms with van der Waals surface area (Å²) in [6.45, 7) is 3.88. The van der Waals surface area contributed by atoms with E-state index in [-0.39, 0.29) is 11.4 Å². The molecule has 0 bridgehead atoms. The summed E-state index contributed by atoms with van der Waals surface area (Å²) in [4.78, 5) is 12.4. The molecule has 1 amide bonds. The third kappa shape index (κ3) is 3.83. The number of aromatic nitrogens is 4. The number of hydrogen-bond donors (Lipinski definition) is 3. The van der Waals surface area contributed by atoms with E-state index in [0.717, 1.165) is 22.6 Å². The minimum Gasteiger partial charge on any atom is -0.508 e. The van der Waals surface area contributed by atoms with Crippen LogP contribution in [0.1, 0.15) is 27.4 Å². The van der Waals surface area contributed by atoms with Crippen LogP contribution in [-0.4, -0.2) is 37.2 Å². The van der Waals surface area contributed by atoms with Crippen molar-refractivity contribution in [1.82, 2.24) is 25.4 Å². The summed E-state index contributed by atoms with van der Waals surface area (Å²) in [5.74, 6) is -0.291. The number of phenolic OH excluding ortho intramolecular Hbond substituents is 1. The SMILES string of the molecule is Cc1nn(-c2ccccc2)c(C)c1-c1cc(C(=O)NN=Cc2cccc(O)c2)[nH]n1. The zero-order valence-electron chi connectivity index (χ0n) is 16.5. The van der Waals surface area contributed by atoms with Crippen LogP contribution in [0.4, 0.5) is 0 Å². The van der Waals surface area contributed by atoms with Crippen molar-refractivity contribution in [2.75, 3.05) is 0 Å². The van der Waals surface area contributed by atoms with Crippen LogP contribution < -0.4 is 5.43 Å². The van der Waals surface area contributed by atoms with Gasteiger partial charge in [0.2, 0.25) is 0 Å². The van der Waals surface area contributed by atoms with Gasteiger partial charge in [-0.15, -0.1) is 0 Å². The maximum Gasteiger partial charge on any atom is 0.289 e. The number of hydrogen-bond acceptors (Lipinski definition) is 5. The van der Waals surface area contributed by atoms with Gasteiger partial charge in [0.15, 0.2) is 0 Å². The molecule has 8 heteroatoms. The van der Waals surface area contributed by atoms with Crippen LogP contribution in [0.2, 0.25) is 0 Å². The molecule has 0 atom stereocenters. The first-order chi connectivity index (χ1) is 14.5. The van der Waals surface area contributed by atoms with Crippen molar-refractivity contribution in [2.45, 2.75) is 13.8 Å². The number of para-hydroxylation sites is 1. The minimum absolute atomic E-state index is 0.130. The molecule has 0 aliphatic heterocycles. The van der Waals surface area contributed by atoms with Crippen LogP contribution in [0.15, 0.2) is 65.8 Å². The van der Waals surface area contributed by atoms with Gasteiger partial charge in [0.05, 0.1) is 29.0 Å². The van der Waals surface area contributed by atoms with Gasteiger partial charge in [-0.05, 0) is 49.7 Å². The highest BCUT2D eigenvalue weighted by Crippen LogP contribution is 2.27. The maximum atomic E-state index is 12.4. The molecule has 0 unspecified atom stereocenters. The Hall–Kier alpha value is -4.20. The average Bonchev–Trinajstić information content (AvgIpc) is 3.33. The van der Waals surface area contributed by atoms with Gasteiger partial charge >= 0.3 is 0 Å². The molecule has 8 nitrogen and oxygen atoms in total. The number of H-pyrrole nitrogens is 1. The van der Waals surface area contributed by atoms with E-state index < -0.39 is 5.91 Å². The van der Waals surface area contributed by atoms with Crippen molar-refractivity contribution in [2.24, 2.45) is 5.10 Å². The van der Waals surface area contributed by atoms with Crippen LogP contribution >= 0.6 is 0 Å². The second kappa shape index (κ2) is 8.04. The van der Waals surface area contributed by atoms with Crippen LogP contribution in [0.3, 0.4) is 0 Å². The third-order valence-electron chi connectivity index (χ3n) is 4.62. The smallest absolute Gasteiger partial charge is 0.289 e. The lowest BCUT2D eigenvalue weighted by Crippen LogP contribution is -2.17. The van der Waals surface area contributed by atoms with Gasteiger partial charge in [0.25, 0.3) is 5.91 Å². The fourth-order valence-corrected chi connectivity index (χ4v) is 3.23. The van der Waals surface area contributed by atoms with Gasteiger partial charge in [-0.2, -0.15) is 15.3 Å². The molecule has 0 saturated carbocycles. The zero-order valence-corrected chi connectivity index (χ0v) is 16.5. The normalized spacial score (nSPS) is 11.1. The Kier molecular flexibility index (Phi) is 5.13. The van der Waals surface area contributed by atoms with Crippen LogP contribution in [0.25, 0.3) is 16.9 Å². The topological polar surface area (TPSA) is 108 Å². The van der Waals surface area contributed by atoms with Crippen molar-refractivity contribution >= 4 is 12.1 Å². The fourth-order valence-electron chi connectivity index (χ4n) is 3.23. The number of carbonyl (C=O) groups is 1. The summed E-state index contributed by atoms with van der Waals surface area (Å²) in [6.07, 6.45) is 1.45. The molecule has 0 radical (unpaired) electrons. The van der Waals surface area contributed by atoms with Crippen LogP contribution in [0.5, 0.6) is 5.75 Å². The number of nitrogens with zero attached hydrogens (tertiary/aromatic N) is 4. The molecule has 0 fully saturated rings. The molecule has 0 aliphatic carbocycles. The molecule has 150 valence electrons. The van der Waals surface area contributed by atoms with E-state index in [9.17, 15) is 9.90 Å². The van der Waals surface area contributed by atoms with E-state index in [1.54, 1.807) is 30.3 Å². The number of aryl methyl sites for hydroxylation is 1. The molecular formula is C22H20N6O2. The second-order valence-corrected chi connectivity index (χ2v) is 6.75. The third-order valence-corrected chi connectivity index (χ3v) is 4.62. The summed E-state index contributed by atoms with van der Waals surface area (Å²) in [5, 5.41) is 25.0. The lowest BCUT2D eigenvalue weighted by Gasteiger charge is -2.04. The van der Waals surface area contributed by atoms with Crippen molar-refractivity contribution < 1.29 is 9.90 Å². The Morgan fingerprint density at radius 1 is 1.13 bits per heavy atom. The molecular weight excluding hydrogens is 380 g/mol. The zero-order chi connectivity index (χ0) is 21.1. The largest absolute Gasteiger partial charge is 0.508 e. The van der Waals surface area contributed by atoms with E-state index in [4.69, 9.17) is 0 Å². The molecule has 0 saturated heterocycles. The number of nitrogens with one attached hydrogen (secondary N) is 2. The molecule has 4 rings (SSSR count). The molecule has 2 aromatic heterocycles. The molecule has 2 aromatic carbocycles. The summed E-state index contributed by atoms with van der Waals surface area (Å²) in [5.41, 5.74) is 7.61. The number of rotatable bonds is 5. The van der Waals surface area contributed by atoms with Gasteiger partial charge in [-0.3, -0.25) is 9.89 Å². The Balaban J connectivity index is 1.53. The Morgan fingerprint density at radius 2 is 1.93 bits per heavy atom. The average molecular weight is 400 g/mol. The van der Waals surface area contributed by atoms with E-state index >= 15 is 0 Å². The lowest BCUT2D eigenvalue weighted by molar-refractivity contribution is 0.0950. The first kappa shape index (κ1) is 19.1. The fraction of sp³-hybridized carbons (Fsp3) is 0.0909. The second-order valence-electron chi connectivity index (χ2n) is 6.75. The number of phenols is 1. The highest BCUT2D eigenvalue weighted by atomic mass is 16.3. The highest BCUT2D eigenvalue weighted by Gasteiger charge is 2.18. The number of aromatic amines is 1. The van der Waals surface area contributed by atoms with E-state index in [1.165, 1.54) is 6.21 Å². The monoisotopic (exact) mass is 400 g/mol. The highest BCUT2D eigenvalue weighted by molar-refractivity contribution is 5.94. The summed E-state index contributed by atoms with van der Waals surface area (Å²) in [6, 6.07) is 18.1. The van der Waals surface area contributed by atoms with Crippen molar-refractivity contribution in [1.29, 1.82) is 0 Å². The molecule has 30 heavy (non-hydrogen) atoms. The van der Waals surface area contributed by atoms with E-state index in [0.29, 0.717) is 11.3 Å². The molecule has 3 N–H and O–H groups in total. The van der Waals surface area contributed by atoms with Crippen molar-refractivity contribution in [3.63, 3.8) is 0 Å². The first-order valence-electron chi connectivity index (χ1n) is 9.33. The van der Waals surface area contributed by atoms with Crippen LogP contribution in [0, 0.1) is 13.8 Å². The number of hydrazone groups is 1. The Morgan fingerprint density at radius 3 is 2.70 bits per heavy atom. The van der Waals surface area contributed by atoms with E-state index in [2.05, 4.69) is 25.8 Å². The van der Waals surface area contributed by atoms with Gasteiger partial charge in [-0.1, -0.05) is 30.3 Å². The standard InChI is InChI=1S/C22H20N6O2/c1-14-21(15(2)28(27-14)17-8-4-3-5-9-17)19-12-20(25-24-19)22(30)26-23-13-16-7-6-10-18(29)11-16/h3-13,29H,1-2H3,(H,24,25)(H,26,30). The summed E-state index contributed by atoms with van der Waals surface area (Å²) >= 11 is 0. The number of carbonyl (C=O) groups excluding carboxylic acids is 1. The van der Waals surface area contributed by atoms with Gasteiger partial charge in [0, 0.05) is 5.56 Å². The van der Waals surface area contributed by atoms with Crippen molar-refractivity contribution in [3.8, 4) is 22.7 Å². The minimum atomic E-state index is -0.420. The predicted octanol–water partition coefficient (Wildman–Crippen LogP) is 3.35. The van der Waals surface area contributed by atoms with Gasteiger partial charge in [-0.25, -0.2) is 10.1 Å². The number of aromatic hydroxyl groups is 1. The molecule has 4 aromatic rings. The molecule has 0 spiro atoms. The number of amides is 1. The summed E-state index contributed by atoms with van der Waals surface area (Å²) < 4.78 is 1.86. The Bertz CT molecular complexity index is 1220. The van der Waals surface area contributed by atoms with Gasteiger partial charge < -0.3 is 5.11 Å². The van der Waals surface area contributed by atoms with E-state index in [1.807, 2.05) is 48.9 Å².